The van der Waals surface area contributed by atoms with Crippen LogP contribution in [0.25, 0.3) is 0 Å². The highest BCUT2D eigenvalue weighted by molar-refractivity contribution is 7.98. The SMILES string of the molecule is CSCCCCNCCc1ccc(Cl)cc1Cl. The smallest absolute Gasteiger partial charge is 0.0453 e. The Morgan fingerprint density at radius 3 is 2.71 bits per heavy atom. The Balaban J connectivity index is 2.14. The maximum absolute atomic E-state index is 6.10. The average molecular weight is 292 g/mol. The van der Waals surface area contributed by atoms with E-state index < -0.39 is 0 Å². The summed E-state index contributed by atoms with van der Waals surface area (Å²) in [6.07, 6.45) is 5.64. The second-order valence-corrected chi connectivity index (χ2v) is 5.76. The van der Waals surface area contributed by atoms with Gasteiger partial charge in [0.2, 0.25) is 0 Å². The topological polar surface area (TPSA) is 12.0 Å². The number of hydrogen-bond donors (Lipinski definition) is 1. The fraction of sp³-hybridized carbons (Fsp3) is 0.538. The Labute approximate surface area is 118 Å². The number of benzene rings is 1. The maximum Gasteiger partial charge on any atom is 0.0453 e. The molecule has 4 heteroatoms. The van der Waals surface area contributed by atoms with Gasteiger partial charge in [-0.2, -0.15) is 11.8 Å². The van der Waals surface area contributed by atoms with E-state index in [2.05, 4.69) is 11.6 Å². The Bertz CT molecular complexity index is 331. The van der Waals surface area contributed by atoms with E-state index >= 15 is 0 Å². The molecule has 0 saturated heterocycles. The highest BCUT2D eigenvalue weighted by atomic mass is 35.5. The van der Waals surface area contributed by atoms with Gasteiger partial charge in [-0.25, -0.2) is 0 Å². The van der Waals surface area contributed by atoms with E-state index in [1.165, 1.54) is 18.6 Å². The Kier molecular flexibility index (Phi) is 8.12. The molecule has 0 saturated carbocycles. The molecule has 0 aliphatic rings. The molecule has 0 heterocycles. The van der Waals surface area contributed by atoms with Crippen molar-refractivity contribution in [1.82, 2.24) is 5.32 Å². The van der Waals surface area contributed by atoms with Gasteiger partial charge in [-0.3, -0.25) is 0 Å². The first-order chi connectivity index (χ1) is 8.24. The largest absolute Gasteiger partial charge is 0.316 e. The van der Waals surface area contributed by atoms with Crippen LogP contribution in [0.1, 0.15) is 18.4 Å². The summed E-state index contributed by atoms with van der Waals surface area (Å²) in [5, 5.41) is 4.90. The molecular formula is C13H19Cl2NS. The third-order valence-electron chi connectivity index (χ3n) is 2.54. The lowest BCUT2D eigenvalue weighted by molar-refractivity contribution is 0.642. The fourth-order valence-corrected chi connectivity index (χ4v) is 2.56. The molecule has 0 aliphatic heterocycles. The molecule has 1 aromatic carbocycles. The molecule has 0 aliphatic carbocycles. The van der Waals surface area contributed by atoms with Crippen LogP contribution < -0.4 is 5.32 Å². The zero-order valence-electron chi connectivity index (χ0n) is 10.1. The van der Waals surface area contributed by atoms with Crippen LogP contribution in [0.4, 0.5) is 0 Å². The number of hydrogen-bond acceptors (Lipinski definition) is 2. The van der Waals surface area contributed by atoms with Crippen molar-refractivity contribution in [3.63, 3.8) is 0 Å². The van der Waals surface area contributed by atoms with Crippen molar-refractivity contribution in [1.29, 1.82) is 0 Å². The molecule has 0 atom stereocenters. The van der Waals surface area contributed by atoms with Crippen LogP contribution in [0, 0.1) is 0 Å². The first-order valence-corrected chi connectivity index (χ1v) is 8.02. The molecule has 0 aromatic heterocycles. The minimum atomic E-state index is 0.698. The molecule has 0 amide bonds. The fourth-order valence-electron chi connectivity index (χ4n) is 1.57. The normalized spacial score (nSPS) is 10.8. The minimum absolute atomic E-state index is 0.698. The van der Waals surface area contributed by atoms with Crippen LogP contribution in [-0.4, -0.2) is 25.1 Å². The van der Waals surface area contributed by atoms with Crippen LogP contribution >= 0.6 is 35.0 Å². The quantitative estimate of drug-likeness (QED) is 0.718. The van der Waals surface area contributed by atoms with Gasteiger partial charge in [0.1, 0.15) is 0 Å². The van der Waals surface area contributed by atoms with E-state index in [4.69, 9.17) is 23.2 Å². The van der Waals surface area contributed by atoms with Gasteiger partial charge in [-0.1, -0.05) is 29.3 Å². The summed E-state index contributed by atoms with van der Waals surface area (Å²) in [7, 11) is 0. The van der Waals surface area contributed by atoms with E-state index in [1.807, 2.05) is 23.9 Å². The Morgan fingerprint density at radius 1 is 1.18 bits per heavy atom. The summed E-state index contributed by atoms with van der Waals surface area (Å²) in [6, 6.07) is 5.69. The van der Waals surface area contributed by atoms with Crippen molar-refractivity contribution in [3.8, 4) is 0 Å². The number of thioether (sulfide) groups is 1. The van der Waals surface area contributed by atoms with E-state index in [0.29, 0.717) is 5.02 Å². The maximum atomic E-state index is 6.10. The van der Waals surface area contributed by atoms with E-state index in [0.717, 1.165) is 30.1 Å². The van der Waals surface area contributed by atoms with Crippen LogP contribution in [0.15, 0.2) is 18.2 Å². The van der Waals surface area contributed by atoms with Crippen LogP contribution in [0.5, 0.6) is 0 Å². The van der Waals surface area contributed by atoms with Crippen molar-refractivity contribution in [2.45, 2.75) is 19.3 Å². The van der Waals surface area contributed by atoms with E-state index in [-0.39, 0.29) is 0 Å². The molecule has 17 heavy (non-hydrogen) atoms. The molecule has 1 N–H and O–H groups in total. The highest BCUT2D eigenvalue weighted by Gasteiger charge is 2.00. The van der Waals surface area contributed by atoms with Gasteiger partial charge in [0, 0.05) is 10.0 Å². The van der Waals surface area contributed by atoms with Gasteiger partial charge in [0.05, 0.1) is 0 Å². The predicted octanol–water partition coefficient (Wildman–Crippen LogP) is 4.27. The van der Waals surface area contributed by atoms with Crippen LogP contribution in [0.2, 0.25) is 10.0 Å². The minimum Gasteiger partial charge on any atom is -0.316 e. The second-order valence-electron chi connectivity index (χ2n) is 3.94. The summed E-state index contributed by atoms with van der Waals surface area (Å²) >= 11 is 13.9. The first kappa shape index (κ1) is 15.2. The van der Waals surface area contributed by atoms with E-state index in [9.17, 15) is 0 Å². The molecular weight excluding hydrogens is 273 g/mol. The third kappa shape index (κ3) is 6.56. The Hall–Kier alpha value is 0.110. The lowest BCUT2D eigenvalue weighted by Crippen LogP contribution is -2.18. The van der Waals surface area contributed by atoms with Gasteiger partial charge in [-0.15, -0.1) is 0 Å². The lowest BCUT2D eigenvalue weighted by Gasteiger charge is -2.06. The van der Waals surface area contributed by atoms with Crippen molar-refractivity contribution < 1.29 is 0 Å². The van der Waals surface area contributed by atoms with Crippen molar-refractivity contribution in [2.75, 3.05) is 25.1 Å². The number of nitrogens with one attached hydrogen (secondary N) is 1. The predicted molar refractivity (Wildman–Crippen MR) is 80.7 cm³/mol. The standard InChI is InChI=1S/C13H19Cl2NS/c1-17-9-3-2-7-16-8-6-11-4-5-12(14)10-13(11)15/h4-5,10,16H,2-3,6-9H2,1H3. The zero-order chi connectivity index (χ0) is 12.5. The highest BCUT2D eigenvalue weighted by Crippen LogP contribution is 2.20. The molecule has 1 nitrogen and oxygen atoms in total. The summed E-state index contributed by atoms with van der Waals surface area (Å²) < 4.78 is 0. The van der Waals surface area contributed by atoms with Crippen LogP contribution in [-0.2, 0) is 6.42 Å². The van der Waals surface area contributed by atoms with Crippen molar-refractivity contribution in [2.24, 2.45) is 0 Å². The van der Waals surface area contributed by atoms with Gasteiger partial charge in [0.15, 0.2) is 0 Å². The molecule has 1 aromatic rings. The summed E-state index contributed by atoms with van der Waals surface area (Å²) in [4.78, 5) is 0. The first-order valence-electron chi connectivity index (χ1n) is 5.87. The van der Waals surface area contributed by atoms with Gasteiger partial charge in [0.25, 0.3) is 0 Å². The summed E-state index contributed by atoms with van der Waals surface area (Å²) in [5.41, 5.74) is 1.16. The molecule has 0 bridgehead atoms. The van der Waals surface area contributed by atoms with Crippen LogP contribution in [0.3, 0.4) is 0 Å². The lowest BCUT2D eigenvalue weighted by atomic mass is 10.1. The number of halogens is 2. The van der Waals surface area contributed by atoms with Gasteiger partial charge >= 0.3 is 0 Å². The molecule has 96 valence electrons. The Morgan fingerprint density at radius 2 is 2.00 bits per heavy atom. The average Bonchev–Trinajstić information content (AvgIpc) is 2.30. The molecule has 0 spiro atoms. The van der Waals surface area contributed by atoms with Crippen molar-refractivity contribution in [3.05, 3.63) is 33.8 Å². The number of rotatable bonds is 8. The monoisotopic (exact) mass is 291 g/mol. The van der Waals surface area contributed by atoms with Gasteiger partial charge < -0.3 is 5.32 Å². The molecule has 0 radical (unpaired) electrons. The molecule has 0 fully saturated rings. The third-order valence-corrected chi connectivity index (χ3v) is 3.82. The summed E-state index contributed by atoms with van der Waals surface area (Å²) in [6.45, 7) is 2.06. The molecule has 1 rings (SSSR count). The second kappa shape index (κ2) is 9.09. The number of unbranched alkanes of at least 4 members (excludes halogenated alkanes) is 1. The van der Waals surface area contributed by atoms with E-state index in [1.54, 1.807) is 6.07 Å². The van der Waals surface area contributed by atoms with Gasteiger partial charge in [-0.05, 0) is 62.1 Å². The summed E-state index contributed by atoms with van der Waals surface area (Å²) in [5.74, 6) is 1.25. The van der Waals surface area contributed by atoms with Crippen molar-refractivity contribution >= 4 is 35.0 Å². The molecule has 0 unspecified atom stereocenters. The zero-order valence-corrected chi connectivity index (χ0v) is 12.5.